The third-order valence-corrected chi connectivity index (χ3v) is 16.1. The molecule has 0 bridgehead atoms. The minimum atomic E-state index is -1.66. The molecule has 1 fully saturated rings. The van der Waals surface area contributed by atoms with Gasteiger partial charge in [-0.25, -0.2) is 0 Å². The zero-order chi connectivity index (χ0) is 73.4. The summed E-state index contributed by atoms with van der Waals surface area (Å²) in [6.45, 7) is 17.9. The Hall–Kier alpha value is -8.20. The normalized spacial score (nSPS) is 15.4. The van der Waals surface area contributed by atoms with Gasteiger partial charge in [-0.3, -0.25) is 67.3 Å². The summed E-state index contributed by atoms with van der Waals surface area (Å²) in [5.41, 5.74) is 11.9. The van der Waals surface area contributed by atoms with Gasteiger partial charge in [-0.15, -0.1) is 0 Å². The van der Waals surface area contributed by atoms with Crippen LogP contribution in [0, 0.1) is 17.8 Å². The molecule has 14 N–H and O–H groups in total. The van der Waals surface area contributed by atoms with Gasteiger partial charge in [0.25, 0.3) is 0 Å². The predicted octanol–water partition coefficient (Wildman–Crippen LogP) is -0.773. The number of nitrogens with one attached hydrogen (secondary N) is 9. The number of hydrogen-bond acceptors (Lipinski definition) is 19. The summed E-state index contributed by atoms with van der Waals surface area (Å²) >= 11 is 0. The van der Waals surface area contributed by atoms with E-state index < -0.39 is 132 Å². The highest BCUT2D eigenvalue weighted by Gasteiger charge is 2.40. The Morgan fingerprint density at radius 1 is 0.622 bits per heavy atom. The number of benzene rings is 1. The lowest BCUT2D eigenvalue weighted by molar-refractivity contribution is -0.142. The Morgan fingerprint density at radius 2 is 1.14 bits per heavy atom. The van der Waals surface area contributed by atoms with Gasteiger partial charge in [0.2, 0.25) is 65.0 Å². The molecule has 0 saturated carbocycles. The van der Waals surface area contributed by atoms with Crippen LogP contribution in [0.5, 0.6) is 0 Å². The lowest BCUT2D eigenvalue weighted by atomic mass is 9.95. The number of carbonyl (C=O) groups excluding carboxylic acids is 13. The number of Topliss-reactive ketones (excluding diaryl/α,β-unsaturated/α-hetero) is 2. The van der Waals surface area contributed by atoms with E-state index in [1.54, 1.807) is 79.7 Å². The fourth-order valence-corrected chi connectivity index (χ4v) is 10.1. The van der Waals surface area contributed by atoms with Gasteiger partial charge >= 0.3 is 0 Å². The number of hydrogen-bond donors (Lipinski definition) is 12. The summed E-state index contributed by atoms with van der Waals surface area (Å²) in [7, 11) is 1.41. The number of rotatable bonds is 49. The minimum absolute atomic E-state index is 0.0424. The molecule has 552 valence electrons. The number of carbonyl (C=O) groups is 13. The molecule has 1 saturated heterocycles. The molecule has 11 amide bonds. The van der Waals surface area contributed by atoms with Crippen molar-refractivity contribution in [2.45, 2.75) is 188 Å². The van der Waals surface area contributed by atoms with Crippen LogP contribution < -0.4 is 59.3 Å². The second-order valence-corrected chi connectivity index (χ2v) is 24.6. The molecular weight excluding hydrogens is 1280 g/mol. The highest BCUT2D eigenvalue weighted by Crippen LogP contribution is 2.21. The van der Waals surface area contributed by atoms with Crippen molar-refractivity contribution in [1.82, 2.24) is 52.3 Å². The molecule has 1 aromatic carbocycles. The number of ether oxygens (including phenoxy) is 4. The first-order valence-corrected chi connectivity index (χ1v) is 33.9. The largest absolute Gasteiger partial charge is 0.391 e. The summed E-state index contributed by atoms with van der Waals surface area (Å²) in [6.07, 6.45) is 0.896. The lowest BCUT2D eigenvalue weighted by Crippen LogP contribution is -2.63. The van der Waals surface area contributed by atoms with Gasteiger partial charge in [0, 0.05) is 37.9 Å². The van der Waals surface area contributed by atoms with Crippen molar-refractivity contribution in [3.05, 3.63) is 29.8 Å². The molecule has 0 aromatic heterocycles. The first-order valence-electron chi connectivity index (χ1n) is 33.9. The summed E-state index contributed by atoms with van der Waals surface area (Å²) in [5, 5.41) is 34.8. The van der Waals surface area contributed by atoms with E-state index in [0.717, 1.165) is 4.90 Å². The number of ketones is 2. The molecular formula is C66H110N14O18. The average molecular weight is 1390 g/mol. The van der Waals surface area contributed by atoms with Crippen LogP contribution in [0.2, 0.25) is 0 Å². The molecule has 32 heteroatoms. The van der Waals surface area contributed by atoms with Gasteiger partial charge in [0.05, 0.1) is 91.3 Å². The molecule has 10 unspecified atom stereocenters. The maximum absolute atomic E-state index is 14.3. The Balaban J connectivity index is 1.89. The molecule has 1 aromatic rings. The Bertz CT molecular complexity index is 2790. The molecule has 98 heavy (non-hydrogen) atoms. The third-order valence-electron chi connectivity index (χ3n) is 16.1. The number of anilines is 1. The highest BCUT2D eigenvalue weighted by atomic mass is 16.6. The SMILES string of the molecule is CCCC(NC(=O)C(NC(=O)C(NC(=O)C(NC(=O)CNC(=O)CN(C)C(=O)CCOCCOCCOCCOCCC(=O)Nc1ccc(C(=O)CC(C)=O)cc1)C(C)C)C(C)CC)C(C)O)C(=O)NC(C(=O)NC(CCCN=C(N)N)C(=O)N1CCCC1C(=O)NCC)C(C)CC. The Kier molecular flexibility index (Phi) is 41.1. The van der Waals surface area contributed by atoms with Crippen molar-refractivity contribution in [2.75, 3.05) is 97.9 Å². The van der Waals surface area contributed by atoms with Crippen LogP contribution in [-0.2, 0) is 76.5 Å². The first kappa shape index (κ1) is 85.9. The molecule has 0 radical (unpaired) electrons. The van der Waals surface area contributed by atoms with Crippen molar-refractivity contribution >= 4 is 88.2 Å². The van der Waals surface area contributed by atoms with E-state index in [9.17, 15) is 67.4 Å². The van der Waals surface area contributed by atoms with E-state index in [1.807, 2.05) is 0 Å². The monoisotopic (exact) mass is 1390 g/mol. The van der Waals surface area contributed by atoms with Gasteiger partial charge in [0.15, 0.2) is 11.7 Å². The van der Waals surface area contributed by atoms with Crippen LogP contribution in [-0.4, -0.2) is 238 Å². The van der Waals surface area contributed by atoms with Gasteiger partial charge in [-0.05, 0) is 94.9 Å². The van der Waals surface area contributed by atoms with Crippen molar-refractivity contribution < 1.29 is 86.4 Å². The van der Waals surface area contributed by atoms with Crippen LogP contribution in [0.4, 0.5) is 5.69 Å². The fraction of sp³-hybridized carbons (Fsp3) is 0.697. The molecule has 10 atom stereocenters. The number of aliphatic hydroxyl groups excluding tert-OH is 1. The third kappa shape index (κ3) is 32.4. The van der Waals surface area contributed by atoms with Gasteiger partial charge in [0.1, 0.15) is 48.1 Å². The molecule has 1 aliphatic rings. The molecule has 1 aliphatic heterocycles. The topological polar surface area (TPSA) is 458 Å². The number of guanidine groups is 1. The van der Waals surface area contributed by atoms with E-state index in [1.165, 1.54) is 25.8 Å². The van der Waals surface area contributed by atoms with E-state index >= 15 is 0 Å². The van der Waals surface area contributed by atoms with Crippen LogP contribution >= 0.6 is 0 Å². The quantitative estimate of drug-likeness (QED) is 0.0125. The zero-order valence-electron chi connectivity index (χ0n) is 59.0. The Labute approximate surface area is 575 Å². The second kappa shape index (κ2) is 46.9. The van der Waals surface area contributed by atoms with Crippen LogP contribution in [0.15, 0.2) is 29.3 Å². The van der Waals surface area contributed by atoms with Gasteiger partial charge in [-0.2, -0.15) is 0 Å². The molecule has 0 aliphatic carbocycles. The van der Waals surface area contributed by atoms with E-state index in [4.69, 9.17) is 30.4 Å². The van der Waals surface area contributed by atoms with Gasteiger partial charge in [-0.1, -0.05) is 67.7 Å². The van der Waals surface area contributed by atoms with Crippen LogP contribution in [0.25, 0.3) is 0 Å². The number of likely N-dealkylation sites (N-methyl/N-ethyl adjacent to an activating group) is 2. The van der Waals surface area contributed by atoms with Crippen molar-refractivity contribution in [2.24, 2.45) is 34.2 Å². The first-order chi connectivity index (χ1) is 46.5. The van der Waals surface area contributed by atoms with Crippen molar-refractivity contribution in [1.29, 1.82) is 0 Å². The average Bonchev–Trinajstić information content (AvgIpc) is 1.53. The van der Waals surface area contributed by atoms with E-state index in [-0.39, 0.29) is 134 Å². The summed E-state index contributed by atoms with van der Waals surface area (Å²) in [4.78, 5) is 179. The summed E-state index contributed by atoms with van der Waals surface area (Å²) < 4.78 is 21.9. The van der Waals surface area contributed by atoms with Crippen molar-refractivity contribution in [3.8, 4) is 0 Å². The van der Waals surface area contributed by atoms with Crippen LogP contribution in [0.3, 0.4) is 0 Å². The van der Waals surface area contributed by atoms with E-state index in [2.05, 4.69) is 52.8 Å². The Morgan fingerprint density at radius 3 is 1.67 bits per heavy atom. The maximum Gasteiger partial charge on any atom is 0.245 e. The lowest BCUT2D eigenvalue weighted by Gasteiger charge is -2.32. The van der Waals surface area contributed by atoms with Crippen molar-refractivity contribution in [3.63, 3.8) is 0 Å². The molecule has 0 spiro atoms. The molecule has 1 heterocycles. The smallest absolute Gasteiger partial charge is 0.245 e. The number of nitrogens with zero attached hydrogens (tertiary/aromatic N) is 3. The predicted molar refractivity (Wildman–Crippen MR) is 363 cm³/mol. The standard InChI is InChI=1S/C66H110N14O18/c1-12-18-47(59(88)76-56(41(7)13-2)62(91)74-48(19-16-27-70-66(67)68)65(94)80-28-17-20-49(80)60(89)69-15-4)73-64(93)58(44(10)82)78-63(92)57(42(8)14-3)77-61(90)55(40(5)6)75-52(85)38-71-53(86)39-79(11)54(87)26-30-96-32-34-98-36-35-97-33-31-95-29-25-51(84)72-46-23-21-45(22-24-46)50(83)37-43(9)81/h21-24,40-42,44,47-49,55-58,82H,12-20,25-39H2,1-11H3,(H,69,89)(H,71,86)(H,72,84)(H,73,93)(H,74,91)(H,75,85)(H,76,88)(H,77,90)(H,78,92)(H4,67,68,70). The summed E-state index contributed by atoms with van der Waals surface area (Å²) in [5.74, 6) is -9.23. The van der Waals surface area contributed by atoms with Crippen LogP contribution in [0.1, 0.15) is 150 Å². The number of nitrogens with two attached hydrogens (primary N) is 2. The second-order valence-electron chi connectivity index (χ2n) is 24.6. The van der Waals surface area contributed by atoms with E-state index in [0.29, 0.717) is 49.9 Å². The molecule has 2 rings (SSSR count). The minimum Gasteiger partial charge on any atom is -0.391 e. The zero-order valence-corrected chi connectivity index (χ0v) is 59.0. The number of likely N-dealkylation sites (tertiary alicyclic amines) is 1. The highest BCUT2D eigenvalue weighted by molar-refractivity contribution is 6.07. The number of amides is 11. The summed E-state index contributed by atoms with van der Waals surface area (Å²) in [6, 6.07) is -2.29. The maximum atomic E-state index is 14.3. The molecule has 32 nitrogen and oxygen atoms in total. The fourth-order valence-electron chi connectivity index (χ4n) is 10.1. The van der Waals surface area contributed by atoms with Gasteiger partial charge < -0.3 is 93.2 Å². The number of aliphatic imine (C=N–C) groups is 1. The number of aliphatic hydroxyl groups is 1.